The van der Waals surface area contributed by atoms with Crippen LogP contribution >= 0.6 is 0 Å². The number of amides is 1. The highest BCUT2D eigenvalue weighted by molar-refractivity contribution is 5.95. The molecule has 0 fully saturated rings. The van der Waals surface area contributed by atoms with Crippen LogP contribution in [0.25, 0.3) is 0 Å². The lowest BCUT2D eigenvalue weighted by Crippen LogP contribution is -2.37. The summed E-state index contributed by atoms with van der Waals surface area (Å²) in [6.07, 6.45) is 4.26. The van der Waals surface area contributed by atoms with Crippen molar-refractivity contribution >= 4 is 11.6 Å². The number of aryl methyl sites for hydroxylation is 2. The van der Waals surface area contributed by atoms with Crippen molar-refractivity contribution in [2.45, 2.75) is 19.8 Å². The van der Waals surface area contributed by atoms with Crippen molar-refractivity contribution < 1.29 is 4.79 Å². The van der Waals surface area contributed by atoms with Gasteiger partial charge in [0.05, 0.1) is 5.56 Å². The summed E-state index contributed by atoms with van der Waals surface area (Å²) in [5.74, 6) is 0.0170. The van der Waals surface area contributed by atoms with Gasteiger partial charge in [-0.1, -0.05) is 18.2 Å². The van der Waals surface area contributed by atoms with E-state index in [-0.39, 0.29) is 5.91 Å². The second-order valence-electron chi connectivity index (χ2n) is 5.90. The Hall–Kier alpha value is -2.23. The van der Waals surface area contributed by atoms with Gasteiger partial charge in [0.25, 0.3) is 5.91 Å². The Balaban J connectivity index is 1.58. The van der Waals surface area contributed by atoms with E-state index < -0.39 is 0 Å². The molecule has 1 amide bonds. The number of nitrogens with zero attached hydrogens (tertiary/aromatic N) is 2. The zero-order valence-corrected chi connectivity index (χ0v) is 13.3. The molecule has 0 unspecified atom stereocenters. The van der Waals surface area contributed by atoms with E-state index in [1.54, 1.807) is 0 Å². The third-order valence-corrected chi connectivity index (χ3v) is 4.50. The second kappa shape index (κ2) is 6.26. The number of carbonyl (C=O) groups excluding carboxylic acids is 1. The standard InChI is InChI=1S/C18H23N3O/c1-14-16(9-12-20(14)2)18(22)19-10-13-21-11-5-7-15-6-3-4-8-17(15)21/h3-4,6,8-9,12H,5,7,10-11,13H2,1-2H3,(H,19,22). The number of para-hydroxylation sites is 1. The van der Waals surface area contributed by atoms with Gasteiger partial charge in [0.1, 0.15) is 0 Å². The summed E-state index contributed by atoms with van der Waals surface area (Å²) in [5, 5.41) is 3.04. The average Bonchev–Trinajstić information content (AvgIpc) is 2.87. The third-order valence-electron chi connectivity index (χ3n) is 4.50. The number of carbonyl (C=O) groups is 1. The predicted molar refractivity (Wildman–Crippen MR) is 89.5 cm³/mol. The molecule has 3 rings (SSSR count). The number of hydrogen-bond acceptors (Lipinski definition) is 2. The minimum absolute atomic E-state index is 0.0170. The van der Waals surface area contributed by atoms with Crippen molar-refractivity contribution in [1.82, 2.24) is 9.88 Å². The zero-order chi connectivity index (χ0) is 15.5. The molecular formula is C18H23N3O. The lowest BCUT2D eigenvalue weighted by molar-refractivity contribution is 0.0954. The summed E-state index contributed by atoms with van der Waals surface area (Å²) in [4.78, 5) is 14.6. The van der Waals surface area contributed by atoms with Crippen LogP contribution < -0.4 is 10.2 Å². The fraction of sp³-hybridized carbons (Fsp3) is 0.389. The van der Waals surface area contributed by atoms with E-state index in [1.165, 1.54) is 17.7 Å². The maximum absolute atomic E-state index is 12.2. The van der Waals surface area contributed by atoms with Crippen LogP contribution in [0.15, 0.2) is 36.5 Å². The lowest BCUT2D eigenvalue weighted by atomic mass is 10.0. The first-order valence-electron chi connectivity index (χ1n) is 7.90. The Morgan fingerprint density at radius 2 is 2.09 bits per heavy atom. The number of aromatic nitrogens is 1. The van der Waals surface area contributed by atoms with Gasteiger partial charge in [-0.05, 0) is 37.5 Å². The summed E-state index contributed by atoms with van der Waals surface area (Å²) in [6.45, 7) is 4.56. The van der Waals surface area contributed by atoms with Gasteiger partial charge in [-0.3, -0.25) is 4.79 Å². The van der Waals surface area contributed by atoms with Crippen molar-refractivity contribution in [2.24, 2.45) is 7.05 Å². The van der Waals surface area contributed by atoms with Crippen LogP contribution in [0.1, 0.15) is 28.0 Å². The van der Waals surface area contributed by atoms with E-state index in [4.69, 9.17) is 0 Å². The fourth-order valence-electron chi connectivity index (χ4n) is 3.09. The van der Waals surface area contributed by atoms with Crippen molar-refractivity contribution in [3.05, 3.63) is 53.3 Å². The van der Waals surface area contributed by atoms with Crippen LogP contribution in [0.5, 0.6) is 0 Å². The maximum Gasteiger partial charge on any atom is 0.253 e. The first-order valence-corrected chi connectivity index (χ1v) is 7.90. The summed E-state index contributed by atoms with van der Waals surface area (Å²) in [7, 11) is 1.96. The Bertz CT molecular complexity index is 675. The van der Waals surface area contributed by atoms with E-state index in [1.807, 2.05) is 30.8 Å². The molecule has 0 spiro atoms. The molecule has 2 aromatic rings. The predicted octanol–water partition coefficient (Wildman–Crippen LogP) is 2.52. The molecule has 0 aliphatic carbocycles. The lowest BCUT2D eigenvalue weighted by Gasteiger charge is -2.31. The molecule has 0 atom stereocenters. The number of hydrogen-bond donors (Lipinski definition) is 1. The molecule has 4 heteroatoms. The summed E-state index contributed by atoms with van der Waals surface area (Å²) in [6, 6.07) is 10.4. The van der Waals surface area contributed by atoms with Crippen molar-refractivity contribution in [2.75, 3.05) is 24.5 Å². The molecule has 2 heterocycles. The number of benzene rings is 1. The molecule has 1 N–H and O–H groups in total. The minimum atomic E-state index is 0.0170. The Kier molecular flexibility index (Phi) is 4.18. The largest absolute Gasteiger partial charge is 0.370 e. The maximum atomic E-state index is 12.2. The van der Waals surface area contributed by atoms with Crippen LogP contribution in [0, 0.1) is 6.92 Å². The van der Waals surface area contributed by atoms with E-state index in [0.717, 1.165) is 30.8 Å². The summed E-state index contributed by atoms with van der Waals surface area (Å²) >= 11 is 0. The molecule has 1 aromatic heterocycles. The third kappa shape index (κ3) is 2.86. The van der Waals surface area contributed by atoms with Crippen LogP contribution in [-0.4, -0.2) is 30.1 Å². The Morgan fingerprint density at radius 3 is 2.86 bits per heavy atom. The molecule has 4 nitrogen and oxygen atoms in total. The monoisotopic (exact) mass is 297 g/mol. The van der Waals surface area contributed by atoms with Gasteiger partial charge in [-0.15, -0.1) is 0 Å². The van der Waals surface area contributed by atoms with Crippen molar-refractivity contribution in [3.8, 4) is 0 Å². The van der Waals surface area contributed by atoms with E-state index in [2.05, 4.69) is 34.5 Å². The molecule has 116 valence electrons. The van der Waals surface area contributed by atoms with Crippen LogP contribution in [0.4, 0.5) is 5.69 Å². The minimum Gasteiger partial charge on any atom is -0.370 e. The molecule has 0 saturated heterocycles. The van der Waals surface area contributed by atoms with Gasteiger partial charge in [-0.25, -0.2) is 0 Å². The average molecular weight is 297 g/mol. The van der Waals surface area contributed by atoms with Crippen molar-refractivity contribution in [1.29, 1.82) is 0 Å². The smallest absolute Gasteiger partial charge is 0.253 e. The zero-order valence-electron chi connectivity index (χ0n) is 13.3. The highest BCUT2D eigenvalue weighted by Gasteiger charge is 2.16. The molecule has 0 saturated carbocycles. The van der Waals surface area contributed by atoms with Gasteiger partial charge in [0.15, 0.2) is 0 Å². The first-order chi connectivity index (χ1) is 10.7. The topological polar surface area (TPSA) is 37.3 Å². The Labute approximate surface area is 131 Å². The van der Waals surface area contributed by atoms with Crippen molar-refractivity contribution in [3.63, 3.8) is 0 Å². The summed E-state index contributed by atoms with van der Waals surface area (Å²) in [5.41, 5.74) is 4.50. The fourth-order valence-corrected chi connectivity index (χ4v) is 3.09. The molecule has 0 bridgehead atoms. The van der Waals surface area contributed by atoms with Crippen LogP contribution in [-0.2, 0) is 13.5 Å². The molecule has 0 radical (unpaired) electrons. The highest BCUT2D eigenvalue weighted by Crippen LogP contribution is 2.25. The normalized spacial score (nSPS) is 13.8. The van der Waals surface area contributed by atoms with Gasteiger partial charge in [-0.2, -0.15) is 0 Å². The first kappa shape index (κ1) is 14.7. The van der Waals surface area contributed by atoms with Gasteiger partial charge >= 0.3 is 0 Å². The number of nitrogens with one attached hydrogen (secondary N) is 1. The van der Waals surface area contributed by atoms with E-state index >= 15 is 0 Å². The van der Waals surface area contributed by atoms with Crippen LogP contribution in [0.3, 0.4) is 0 Å². The van der Waals surface area contributed by atoms with Gasteiger partial charge < -0.3 is 14.8 Å². The van der Waals surface area contributed by atoms with Gasteiger partial charge in [0.2, 0.25) is 0 Å². The summed E-state index contributed by atoms with van der Waals surface area (Å²) < 4.78 is 1.97. The van der Waals surface area contributed by atoms with E-state index in [9.17, 15) is 4.79 Å². The Morgan fingerprint density at radius 1 is 1.27 bits per heavy atom. The molecule has 1 aliphatic rings. The number of fused-ring (bicyclic) bond motifs is 1. The molecule has 1 aliphatic heterocycles. The molecule has 1 aromatic carbocycles. The highest BCUT2D eigenvalue weighted by atomic mass is 16.1. The SMILES string of the molecule is Cc1c(C(=O)NCCN2CCCc3ccccc32)ccn1C. The number of rotatable bonds is 4. The molecular weight excluding hydrogens is 274 g/mol. The quantitative estimate of drug-likeness (QED) is 0.941. The number of anilines is 1. The molecule has 22 heavy (non-hydrogen) atoms. The van der Waals surface area contributed by atoms with Gasteiger partial charge in [0, 0.05) is 44.3 Å². The second-order valence-corrected chi connectivity index (χ2v) is 5.90. The van der Waals surface area contributed by atoms with E-state index in [0.29, 0.717) is 6.54 Å². The van der Waals surface area contributed by atoms with Crippen LogP contribution in [0.2, 0.25) is 0 Å².